The first-order valence-electron chi connectivity index (χ1n) is 41.4. The van der Waals surface area contributed by atoms with E-state index >= 15 is 0 Å². The molecule has 0 aromatic rings. The Balaban J connectivity index is 1.37. The lowest BCUT2D eigenvalue weighted by Gasteiger charge is -2.48. The Hall–Kier alpha value is -2.25. The molecule has 3 fully saturated rings. The third kappa shape index (κ3) is 42.8. The molecule has 0 aromatic carbocycles. The summed E-state index contributed by atoms with van der Waals surface area (Å²) in [6.07, 6.45) is 52.4. The van der Waals surface area contributed by atoms with Gasteiger partial charge in [0.2, 0.25) is 5.91 Å². The Kier molecular flexibility index (Phi) is 57.8. The molecule has 3 heterocycles. The van der Waals surface area contributed by atoms with E-state index in [0.29, 0.717) is 6.42 Å². The van der Waals surface area contributed by atoms with E-state index in [0.717, 1.165) is 64.2 Å². The first-order valence-corrected chi connectivity index (χ1v) is 41.4. The second-order valence-corrected chi connectivity index (χ2v) is 29.6. The number of hydrogen-bond donors (Lipinski definition) is 12. The highest BCUT2D eigenvalue weighted by Crippen LogP contribution is 2.33. The fourth-order valence-corrected chi connectivity index (χ4v) is 14.0. The Bertz CT molecular complexity index is 2010. The first kappa shape index (κ1) is 93.0. The van der Waals surface area contributed by atoms with Crippen molar-refractivity contribution in [3.63, 3.8) is 0 Å². The van der Waals surface area contributed by atoms with Crippen LogP contribution in [-0.2, 0) is 33.2 Å². The summed E-state index contributed by atoms with van der Waals surface area (Å²) in [5, 5.41) is 121. The lowest BCUT2D eigenvalue weighted by atomic mass is 9.96. The van der Waals surface area contributed by atoms with Crippen LogP contribution in [0.5, 0.6) is 0 Å². The Morgan fingerprint density at radius 3 is 1.02 bits per heavy atom. The first-order chi connectivity index (χ1) is 49.3. The van der Waals surface area contributed by atoms with Crippen LogP contribution in [0.2, 0.25) is 0 Å². The molecule has 101 heavy (non-hydrogen) atoms. The van der Waals surface area contributed by atoms with Crippen molar-refractivity contribution in [2.24, 2.45) is 0 Å². The lowest BCUT2D eigenvalue weighted by Crippen LogP contribution is -2.66. The van der Waals surface area contributed by atoms with Gasteiger partial charge in [-0.2, -0.15) is 0 Å². The topological polar surface area (TPSA) is 307 Å². The van der Waals surface area contributed by atoms with Crippen LogP contribution in [0.15, 0.2) is 48.6 Å². The molecule has 0 spiro atoms. The van der Waals surface area contributed by atoms with E-state index in [9.17, 15) is 61.0 Å². The normalized spacial score (nSPS) is 26.5. The minimum Gasteiger partial charge on any atom is -0.394 e. The smallest absolute Gasteiger partial charge is 0.220 e. The monoisotopic (exact) mass is 1440 g/mol. The van der Waals surface area contributed by atoms with Crippen molar-refractivity contribution in [3.8, 4) is 0 Å². The van der Waals surface area contributed by atoms with Gasteiger partial charge in [0.05, 0.1) is 38.6 Å². The fourth-order valence-electron chi connectivity index (χ4n) is 14.0. The molecule has 3 aliphatic rings. The van der Waals surface area contributed by atoms with Crippen molar-refractivity contribution in [3.05, 3.63) is 48.6 Å². The number of carbonyl (C=O) groups is 1. The molecule has 17 atom stereocenters. The number of allylic oxidation sites excluding steroid dienone is 7. The zero-order chi connectivity index (χ0) is 73.2. The van der Waals surface area contributed by atoms with Crippen molar-refractivity contribution in [1.29, 1.82) is 0 Å². The minimum atomic E-state index is -1.98. The predicted octanol–water partition coefficient (Wildman–Crippen LogP) is 14.1. The van der Waals surface area contributed by atoms with Crippen LogP contribution in [0, 0.1) is 0 Å². The molecule has 3 aliphatic heterocycles. The highest BCUT2D eigenvalue weighted by atomic mass is 16.8. The van der Waals surface area contributed by atoms with Gasteiger partial charge in [0.15, 0.2) is 18.9 Å². The van der Waals surface area contributed by atoms with E-state index in [4.69, 9.17) is 28.4 Å². The molecule has 0 aromatic heterocycles. The standard InChI is InChI=1S/C82H151NO18/c1-3-5-7-9-11-13-15-17-19-21-23-25-27-29-31-32-34-35-37-39-41-43-45-47-49-51-53-55-57-59-66(87)65(83-70(88)60-58-56-54-52-50-48-46-44-42-40-38-36-33-30-28-26-24-22-20-18-16-14-12-10-8-6-4-2)64-96-80-76(94)73(91)78(68(62-85)98-80)101-82-77(95)74(92)79(69(63-86)99-82)100-81-75(93)72(90)71(89)67(61-84)97-81/h16,18,22,24,28,30,57,59,65-69,71-82,84-87,89-95H,3-15,17,19-21,23,25-27,29,31-56,58,60-64H2,1-2H3,(H,83,88)/b18-16-,24-22-,30-28-,59-57+. The second-order valence-electron chi connectivity index (χ2n) is 29.6. The van der Waals surface area contributed by atoms with Crippen LogP contribution in [0.3, 0.4) is 0 Å². The van der Waals surface area contributed by atoms with Gasteiger partial charge in [-0.25, -0.2) is 0 Å². The summed E-state index contributed by atoms with van der Waals surface area (Å²) in [6, 6.07) is -0.977. The van der Waals surface area contributed by atoms with Gasteiger partial charge in [0, 0.05) is 6.42 Å². The molecule has 3 saturated heterocycles. The van der Waals surface area contributed by atoms with Crippen molar-refractivity contribution in [2.75, 3.05) is 26.4 Å². The molecule has 17 unspecified atom stereocenters. The maximum atomic E-state index is 13.5. The number of hydrogen-bond acceptors (Lipinski definition) is 18. The summed E-state index contributed by atoms with van der Waals surface area (Å²) >= 11 is 0. The quantitative estimate of drug-likeness (QED) is 0.0199. The largest absolute Gasteiger partial charge is 0.394 e. The number of unbranched alkanes of at least 4 members (excludes halogenated alkanes) is 44. The minimum absolute atomic E-state index is 0.241. The van der Waals surface area contributed by atoms with E-state index in [1.165, 1.54) is 244 Å². The predicted molar refractivity (Wildman–Crippen MR) is 402 cm³/mol. The summed E-state index contributed by atoms with van der Waals surface area (Å²) < 4.78 is 34.5. The van der Waals surface area contributed by atoms with E-state index in [2.05, 4.69) is 55.6 Å². The lowest BCUT2D eigenvalue weighted by molar-refractivity contribution is -0.379. The molecule has 0 aliphatic carbocycles. The van der Waals surface area contributed by atoms with Crippen LogP contribution in [0.1, 0.15) is 335 Å². The summed E-state index contributed by atoms with van der Waals surface area (Å²) in [7, 11) is 0. The number of ether oxygens (including phenoxy) is 6. The third-order valence-electron chi connectivity index (χ3n) is 20.6. The van der Waals surface area contributed by atoms with E-state index in [-0.39, 0.29) is 18.9 Å². The molecular formula is C82H151NO18. The van der Waals surface area contributed by atoms with Crippen molar-refractivity contribution in [2.45, 2.75) is 439 Å². The zero-order valence-electron chi connectivity index (χ0n) is 63.4. The summed E-state index contributed by atoms with van der Waals surface area (Å²) in [6.45, 7) is 1.77. The number of nitrogens with one attached hydrogen (secondary N) is 1. The zero-order valence-corrected chi connectivity index (χ0v) is 63.4. The van der Waals surface area contributed by atoms with Crippen molar-refractivity contribution < 1.29 is 89.4 Å². The number of rotatable bonds is 66. The van der Waals surface area contributed by atoms with Gasteiger partial charge in [-0.1, -0.05) is 319 Å². The molecule has 12 N–H and O–H groups in total. The van der Waals surface area contributed by atoms with Crippen molar-refractivity contribution >= 4 is 5.91 Å². The van der Waals surface area contributed by atoms with Crippen LogP contribution < -0.4 is 5.32 Å². The molecule has 0 bridgehead atoms. The summed E-state index contributed by atoms with van der Waals surface area (Å²) in [5.41, 5.74) is 0. The summed E-state index contributed by atoms with van der Waals surface area (Å²) in [4.78, 5) is 13.5. The maximum Gasteiger partial charge on any atom is 0.220 e. The molecule has 0 saturated carbocycles. The fraction of sp³-hybridized carbons (Fsp3) is 0.890. The number of aliphatic hydroxyl groups excluding tert-OH is 11. The Morgan fingerprint density at radius 2 is 0.653 bits per heavy atom. The Labute approximate surface area is 612 Å². The average Bonchev–Trinajstić information content (AvgIpc) is 0.782. The highest BCUT2D eigenvalue weighted by molar-refractivity contribution is 5.76. The maximum absolute atomic E-state index is 13.5. The number of aliphatic hydroxyl groups is 11. The van der Waals surface area contributed by atoms with E-state index < -0.39 is 124 Å². The van der Waals surface area contributed by atoms with Gasteiger partial charge in [0.1, 0.15) is 73.2 Å². The second kappa shape index (κ2) is 62.8. The Morgan fingerprint density at radius 1 is 0.356 bits per heavy atom. The van der Waals surface area contributed by atoms with E-state index in [1.54, 1.807) is 6.08 Å². The molecular weight excluding hydrogens is 1290 g/mol. The van der Waals surface area contributed by atoms with Gasteiger partial charge in [-0.15, -0.1) is 0 Å². The van der Waals surface area contributed by atoms with Gasteiger partial charge in [-0.05, 0) is 57.8 Å². The van der Waals surface area contributed by atoms with Crippen LogP contribution in [-0.4, -0.2) is 193 Å². The van der Waals surface area contributed by atoms with Crippen LogP contribution in [0.4, 0.5) is 0 Å². The van der Waals surface area contributed by atoms with Crippen LogP contribution in [0.25, 0.3) is 0 Å². The molecule has 0 radical (unpaired) electrons. The summed E-state index contributed by atoms with van der Waals surface area (Å²) in [5.74, 6) is -0.274. The average molecular weight is 1440 g/mol. The molecule has 3 rings (SSSR count). The van der Waals surface area contributed by atoms with Gasteiger partial charge in [0.25, 0.3) is 0 Å². The van der Waals surface area contributed by atoms with Crippen LogP contribution >= 0.6 is 0 Å². The molecule has 19 heteroatoms. The molecule has 19 nitrogen and oxygen atoms in total. The number of carbonyl (C=O) groups excluding carboxylic acids is 1. The molecule has 1 amide bonds. The van der Waals surface area contributed by atoms with Gasteiger partial charge in [-0.3, -0.25) is 4.79 Å². The SMILES string of the molecule is CCCCCCC/C=C\C/C=C\C/C=C\CCCCCCCCCCCCCCC(=O)NC(COC1OC(CO)C(OC2OC(CO)C(OC3OC(CO)C(O)C(O)C3O)C(O)C2O)C(O)C1O)C(O)/C=C/CCCCCCCCCCCCCCCCCCCCCCCCCCCCC. The third-order valence-corrected chi connectivity index (χ3v) is 20.6. The van der Waals surface area contributed by atoms with E-state index in [1.807, 2.05) is 6.08 Å². The highest BCUT2D eigenvalue weighted by Gasteiger charge is 2.54. The number of amides is 1. The van der Waals surface area contributed by atoms with Gasteiger partial charge >= 0.3 is 0 Å². The van der Waals surface area contributed by atoms with Gasteiger partial charge < -0.3 is 89.9 Å². The molecule has 592 valence electrons. The van der Waals surface area contributed by atoms with Crippen molar-refractivity contribution in [1.82, 2.24) is 5.32 Å².